The van der Waals surface area contributed by atoms with Gasteiger partial charge < -0.3 is 11.1 Å². The van der Waals surface area contributed by atoms with E-state index in [2.05, 4.69) is 17.1 Å². The first-order chi connectivity index (χ1) is 9.60. The largest absolute Gasteiger partial charge is 0.326 e. The molecule has 20 heavy (non-hydrogen) atoms. The zero-order valence-corrected chi connectivity index (χ0v) is 13.0. The summed E-state index contributed by atoms with van der Waals surface area (Å²) in [6.45, 7) is 4.35. The Labute approximate surface area is 125 Å². The zero-order valence-electron chi connectivity index (χ0n) is 12.1. The summed E-state index contributed by atoms with van der Waals surface area (Å²) in [5.74, 6) is 0.583. The lowest BCUT2D eigenvalue weighted by atomic mass is 9.94. The van der Waals surface area contributed by atoms with Gasteiger partial charge in [0.1, 0.15) is 0 Å². The van der Waals surface area contributed by atoms with Crippen LogP contribution in [0.1, 0.15) is 13.3 Å². The minimum Gasteiger partial charge on any atom is -0.326 e. The molecular weight excluding hydrogens is 270 g/mol. The van der Waals surface area contributed by atoms with E-state index in [1.54, 1.807) is 11.8 Å². The number of carbonyl (C=O) groups excluding carboxylic acids is 1. The Bertz CT molecular complexity index is 466. The van der Waals surface area contributed by atoms with E-state index in [-0.39, 0.29) is 11.9 Å². The van der Waals surface area contributed by atoms with E-state index >= 15 is 0 Å². The highest BCUT2D eigenvalue weighted by molar-refractivity contribution is 7.98. The van der Waals surface area contributed by atoms with Crippen LogP contribution in [0.3, 0.4) is 0 Å². The zero-order chi connectivity index (χ0) is 14.5. The molecule has 1 aromatic rings. The van der Waals surface area contributed by atoms with Crippen LogP contribution < -0.4 is 11.1 Å². The van der Waals surface area contributed by atoms with Gasteiger partial charge in [-0.2, -0.15) is 0 Å². The van der Waals surface area contributed by atoms with Crippen molar-refractivity contribution in [2.45, 2.75) is 24.3 Å². The van der Waals surface area contributed by atoms with Crippen molar-refractivity contribution in [1.29, 1.82) is 0 Å². The number of carbonyl (C=O) groups is 1. The topological polar surface area (TPSA) is 58.4 Å². The van der Waals surface area contributed by atoms with Crippen LogP contribution in [0.5, 0.6) is 0 Å². The van der Waals surface area contributed by atoms with Crippen molar-refractivity contribution >= 4 is 23.4 Å². The van der Waals surface area contributed by atoms with Gasteiger partial charge in [0.25, 0.3) is 0 Å². The summed E-state index contributed by atoms with van der Waals surface area (Å²) in [5.41, 5.74) is 6.95. The van der Waals surface area contributed by atoms with E-state index in [9.17, 15) is 4.79 Å². The van der Waals surface area contributed by atoms with E-state index < -0.39 is 0 Å². The third-order valence-corrected chi connectivity index (χ3v) is 4.64. The maximum Gasteiger partial charge on any atom is 0.238 e. The number of amides is 1. The number of thioether (sulfide) groups is 1. The maximum absolute atomic E-state index is 12.1. The van der Waals surface area contributed by atoms with Gasteiger partial charge in [0.2, 0.25) is 5.91 Å². The highest BCUT2D eigenvalue weighted by atomic mass is 32.2. The fourth-order valence-corrected chi connectivity index (χ4v) is 3.01. The highest BCUT2D eigenvalue weighted by Crippen LogP contribution is 2.24. The van der Waals surface area contributed by atoms with Gasteiger partial charge in [-0.1, -0.05) is 19.1 Å². The number of hydrogen-bond donors (Lipinski definition) is 2. The van der Waals surface area contributed by atoms with Gasteiger partial charge in [0, 0.05) is 17.5 Å². The van der Waals surface area contributed by atoms with E-state index in [1.165, 1.54) is 0 Å². The first-order valence-corrected chi connectivity index (χ1v) is 8.23. The Morgan fingerprint density at radius 1 is 1.50 bits per heavy atom. The average Bonchev–Trinajstić information content (AvgIpc) is 2.43. The fourth-order valence-electron chi connectivity index (χ4n) is 2.45. The fraction of sp³-hybridized carbons (Fsp3) is 0.533. The van der Waals surface area contributed by atoms with Crippen LogP contribution in [0.4, 0.5) is 5.69 Å². The number of para-hydroxylation sites is 1. The third kappa shape index (κ3) is 3.98. The van der Waals surface area contributed by atoms with Gasteiger partial charge in [0.05, 0.1) is 12.2 Å². The van der Waals surface area contributed by atoms with Gasteiger partial charge >= 0.3 is 0 Å². The van der Waals surface area contributed by atoms with Crippen LogP contribution in [0, 0.1) is 5.92 Å². The van der Waals surface area contributed by atoms with Crippen molar-refractivity contribution in [3.8, 4) is 0 Å². The quantitative estimate of drug-likeness (QED) is 0.834. The lowest BCUT2D eigenvalue weighted by Crippen LogP contribution is -2.49. The van der Waals surface area contributed by atoms with Crippen LogP contribution in [0.2, 0.25) is 0 Å². The molecule has 0 aromatic heterocycles. The minimum absolute atomic E-state index is 0.0354. The summed E-state index contributed by atoms with van der Waals surface area (Å²) in [5, 5.41) is 2.99. The summed E-state index contributed by atoms with van der Waals surface area (Å²) >= 11 is 1.64. The highest BCUT2D eigenvalue weighted by Gasteiger charge is 2.24. The Hall–Kier alpha value is -1.04. The first kappa shape index (κ1) is 15.4. The summed E-state index contributed by atoms with van der Waals surface area (Å²) in [4.78, 5) is 15.4. The standard InChI is InChI=1S/C15H23N3OS/c1-11-7-8-18(9-12(11)16)10-15(19)17-13-5-3-4-6-14(13)20-2/h3-6,11-12H,7-10,16H2,1-2H3,(H,17,19). The monoisotopic (exact) mass is 293 g/mol. The van der Waals surface area contributed by atoms with Crippen molar-refractivity contribution in [3.05, 3.63) is 24.3 Å². The molecule has 0 saturated carbocycles. The molecule has 2 atom stereocenters. The lowest BCUT2D eigenvalue weighted by Gasteiger charge is -2.34. The SMILES string of the molecule is CSc1ccccc1NC(=O)CN1CCC(C)C(N)C1. The molecule has 1 fully saturated rings. The molecular formula is C15H23N3OS. The summed E-state index contributed by atoms with van der Waals surface area (Å²) in [6, 6.07) is 8.04. The average molecular weight is 293 g/mol. The van der Waals surface area contributed by atoms with Gasteiger partial charge in [-0.25, -0.2) is 0 Å². The molecule has 0 bridgehead atoms. The summed E-state index contributed by atoms with van der Waals surface area (Å²) < 4.78 is 0. The van der Waals surface area contributed by atoms with Crippen molar-refractivity contribution in [2.24, 2.45) is 11.7 Å². The molecule has 1 saturated heterocycles. The molecule has 3 N–H and O–H groups in total. The number of hydrogen-bond acceptors (Lipinski definition) is 4. The van der Waals surface area contributed by atoms with E-state index in [1.807, 2.05) is 30.5 Å². The maximum atomic E-state index is 12.1. The van der Waals surface area contributed by atoms with Crippen LogP contribution in [-0.4, -0.2) is 42.7 Å². The molecule has 110 valence electrons. The van der Waals surface area contributed by atoms with Crippen LogP contribution in [0.25, 0.3) is 0 Å². The molecule has 5 heteroatoms. The van der Waals surface area contributed by atoms with Gasteiger partial charge in [-0.15, -0.1) is 11.8 Å². The number of benzene rings is 1. The van der Waals surface area contributed by atoms with E-state index in [0.717, 1.165) is 30.1 Å². The van der Waals surface area contributed by atoms with Crippen molar-refractivity contribution in [1.82, 2.24) is 4.90 Å². The molecule has 0 aliphatic carbocycles. The molecule has 1 amide bonds. The van der Waals surface area contributed by atoms with Gasteiger partial charge in [0.15, 0.2) is 0 Å². The Morgan fingerprint density at radius 2 is 2.25 bits per heavy atom. The minimum atomic E-state index is 0.0354. The molecule has 1 heterocycles. The molecule has 0 radical (unpaired) electrons. The second-order valence-corrected chi connectivity index (χ2v) is 6.26. The smallest absolute Gasteiger partial charge is 0.238 e. The first-order valence-electron chi connectivity index (χ1n) is 7.01. The van der Waals surface area contributed by atoms with Crippen LogP contribution in [0.15, 0.2) is 29.2 Å². The number of likely N-dealkylation sites (tertiary alicyclic amines) is 1. The summed E-state index contributed by atoms with van der Waals surface area (Å²) in [6.07, 6.45) is 3.08. The molecule has 2 rings (SSSR count). The molecule has 0 spiro atoms. The number of nitrogens with zero attached hydrogens (tertiary/aromatic N) is 1. The Balaban J connectivity index is 1.89. The normalized spacial score (nSPS) is 23.6. The Morgan fingerprint density at radius 3 is 2.95 bits per heavy atom. The number of nitrogens with one attached hydrogen (secondary N) is 1. The van der Waals surface area contributed by atoms with Crippen LogP contribution in [-0.2, 0) is 4.79 Å². The van der Waals surface area contributed by atoms with Crippen molar-refractivity contribution in [2.75, 3.05) is 31.2 Å². The third-order valence-electron chi connectivity index (χ3n) is 3.85. The predicted octanol–water partition coefficient (Wildman–Crippen LogP) is 2.02. The second-order valence-electron chi connectivity index (χ2n) is 5.41. The van der Waals surface area contributed by atoms with E-state index in [0.29, 0.717) is 12.5 Å². The molecule has 4 nitrogen and oxygen atoms in total. The molecule has 1 aliphatic rings. The number of nitrogens with two attached hydrogens (primary N) is 1. The molecule has 2 unspecified atom stereocenters. The number of anilines is 1. The van der Waals surface area contributed by atoms with Gasteiger partial charge in [-0.05, 0) is 37.3 Å². The number of piperidine rings is 1. The predicted molar refractivity (Wildman–Crippen MR) is 85.0 cm³/mol. The van der Waals surface area contributed by atoms with Crippen molar-refractivity contribution < 1.29 is 4.79 Å². The lowest BCUT2D eigenvalue weighted by molar-refractivity contribution is -0.117. The second kappa shape index (κ2) is 7.11. The summed E-state index contributed by atoms with van der Waals surface area (Å²) in [7, 11) is 0. The molecule has 1 aromatic carbocycles. The van der Waals surface area contributed by atoms with E-state index in [4.69, 9.17) is 5.73 Å². The van der Waals surface area contributed by atoms with Crippen LogP contribution >= 0.6 is 11.8 Å². The number of rotatable bonds is 4. The van der Waals surface area contributed by atoms with Crippen molar-refractivity contribution in [3.63, 3.8) is 0 Å². The molecule has 1 aliphatic heterocycles. The van der Waals surface area contributed by atoms with Gasteiger partial charge in [-0.3, -0.25) is 9.69 Å². The Kier molecular flexibility index (Phi) is 5.46.